The zero-order valence-electron chi connectivity index (χ0n) is 8.01. The Morgan fingerprint density at radius 2 is 2.06 bits per heavy atom. The molecular formula is C10H8BrCl3O2. The maximum absolute atomic E-state index is 10.5. The van der Waals surface area contributed by atoms with Gasteiger partial charge in [0.2, 0.25) is 0 Å². The highest BCUT2D eigenvalue weighted by molar-refractivity contribution is 9.10. The lowest BCUT2D eigenvalue weighted by Crippen LogP contribution is -2.21. The number of hydrogen-bond donors (Lipinski definition) is 1. The van der Waals surface area contributed by atoms with Gasteiger partial charge in [0.1, 0.15) is 4.33 Å². The first kappa shape index (κ1) is 14.1. The fourth-order valence-corrected chi connectivity index (χ4v) is 2.31. The molecule has 0 fully saturated rings. The van der Waals surface area contributed by atoms with Gasteiger partial charge in [0, 0.05) is 10.9 Å². The molecule has 0 radical (unpaired) electrons. The molecule has 1 aromatic carbocycles. The van der Waals surface area contributed by atoms with Crippen LogP contribution < -0.4 is 0 Å². The van der Waals surface area contributed by atoms with Gasteiger partial charge in [0.15, 0.2) is 0 Å². The molecule has 0 aliphatic rings. The van der Waals surface area contributed by atoms with Crippen molar-refractivity contribution >= 4 is 56.7 Å². The Balaban J connectivity index is 2.79. The van der Waals surface area contributed by atoms with Gasteiger partial charge in [0.25, 0.3) is 0 Å². The Bertz CT molecular complexity index is 407. The van der Waals surface area contributed by atoms with Crippen molar-refractivity contribution in [2.75, 3.05) is 0 Å². The van der Waals surface area contributed by atoms with Crippen LogP contribution in [0.3, 0.4) is 0 Å². The summed E-state index contributed by atoms with van der Waals surface area (Å²) in [5.74, 6) is -1.03. The van der Waals surface area contributed by atoms with E-state index in [0.717, 1.165) is 10.0 Å². The number of aliphatic carboxylic acids is 1. The van der Waals surface area contributed by atoms with Gasteiger partial charge in [-0.3, -0.25) is 4.79 Å². The van der Waals surface area contributed by atoms with E-state index in [9.17, 15) is 4.79 Å². The second-order valence-electron chi connectivity index (χ2n) is 3.35. The van der Waals surface area contributed by atoms with E-state index in [-0.39, 0.29) is 12.8 Å². The highest BCUT2D eigenvalue weighted by Gasteiger charge is 2.28. The second kappa shape index (κ2) is 5.58. The summed E-state index contributed by atoms with van der Waals surface area (Å²) in [7, 11) is 0. The molecular weight excluding hydrogens is 338 g/mol. The number of rotatable bonds is 4. The number of alkyl halides is 2. The number of benzene rings is 1. The van der Waals surface area contributed by atoms with Crippen molar-refractivity contribution in [1.29, 1.82) is 0 Å². The van der Waals surface area contributed by atoms with Crippen molar-refractivity contribution in [2.45, 2.75) is 17.2 Å². The lowest BCUT2D eigenvalue weighted by molar-refractivity contribution is -0.137. The molecule has 0 saturated heterocycles. The van der Waals surface area contributed by atoms with E-state index in [0.29, 0.717) is 5.02 Å². The van der Waals surface area contributed by atoms with E-state index in [2.05, 4.69) is 15.9 Å². The maximum atomic E-state index is 10.5. The summed E-state index contributed by atoms with van der Waals surface area (Å²) in [6, 6.07) is 5.23. The molecule has 0 saturated carbocycles. The first-order chi connectivity index (χ1) is 7.30. The Hall–Kier alpha value is 0.0400. The molecule has 0 atom stereocenters. The van der Waals surface area contributed by atoms with Crippen LogP contribution in [0.1, 0.15) is 12.0 Å². The van der Waals surface area contributed by atoms with Crippen molar-refractivity contribution in [3.63, 3.8) is 0 Å². The fraction of sp³-hybridized carbons (Fsp3) is 0.300. The molecule has 2 nitrogen and oxygen atoms in total. The lowest BCUT2D eigenvalue weighted by atomic mass is 10.1. The van der Waals surface area contributed by atoms with Gasteiger partial charge < -0.3 is 5.11 Å². The molecule has 0 unspecified atom stereocenters. The smallest absolute Gasteiger partial charge is 0.306 e. The predicted octanol–water partition coefficient (Wildman–Crippen LogP) is 4.29. The molecule has 16 heavy (non-hydrogen) atoms. The minimum absolute atomic E-state index is 0.248. The van der Waals surface area contributed by atoms with E-state index in [1.165, 1.54) is 0 Å². The summed E-state index contributed by atoms with van der Waals surface area (Å²) >= 11 is 20.9. The van der Waals surface area contributed by atoms with Gasteiger partial charge in [-0.15, -0.1) is 23.2 Å². The molecule has 0 amide bonds. The molecule has 0 aliphatic heterocycles. The third-order valence-corrected chi connectivity index (χ3v) is 3.61. The van der Waals surface area contributed by atoms with E-state index >= 15 is 0 Å². The zero-order chi connectivity index (χ0) is 12.3. The number of carbonyl (C=O) groups is 1. The van der Waals surface area contributed by atoms with Crippen LogP contribution in [-0.4, -0.2) is 15.4 Å². The van der Waals surface area contributed by atoms with Gasteiger partial charge in [-0.2, -0.15) is 0 Å². The standard InChI is InChI=1S/C10H8BrCl3O2/c11-7-3-6(1-2-8(7)12)4-10(13,14)5-9(15)16/h1-3H,4-5H2,(H,15,16). The van der Waals surface area contributed by atoms with E-state index in [1.807, 2.05) is 0 Å². The lowest BCUT2D eigenvalue weighted by Gasteiger charge is -2.17. The van der Waals surface area contributed by atoms with Gasteiger partial charge in [-0.25, -0.2) is 0 Å². The normalized spacial score (nSPS) is 11.5. The molecule has 6 heteroatoms. The van der Waals surface area contributed by atoms with Crippen molar-refractivity contribution in [3.8, 4) is 0 Å². The average molecular weight is 346 g/mol. The number of carboxylic acid groups (broad SMARTS) is 1. The van der Waals surface area contributed by atoms with Gasteiger partial charge in [0.05, 0.1) is 11.4 Å². The summed E-state index contributed by atoms with van der Waals surface area (Å²) in [6.45, 7) is 0. The van der Waals surface area contributed by atoms with E-state index < -0.39 is 10.3 Å². The minimum atomic E-state index is -1.31. The first-order valence-corrected chi connectivity index (χ1v) is 6.26. The van der Waals surface area contributed by atoms with Crippen LogP contribution >= 0.6 is 50.7 Å². The SMILES string of the molecule is O=C(O)CC(Cl)(Cl)Cc1ccc(Cl)c(Br)c1. The van der Waals surface area contributed by atoms with Crippen LogP contribution in [0, 0.1) is 0 Å². The summed E-state index contributed by atoms with van der Waals surface area (Å²) in [5.41, 5.74) is 0.822. The van der Waals surface area contributed by atoms with Crippen LogP contribution in [0.15, 0.2) is 22.7 Å². The van der Waals surface area contributed by atoms with Crippen LogP contribution in [0.2, 0.25) is 5.02 Å². The number of carboxylic acids is 1. The van der Waals surface area contributed by atoms with E-state index in [1.54, 1.807) is 18.2 Å². The maximum Gasteiger partial charge on any atom is 0.306 e. The molecule has 1 rings (SSSR count). The minimum Gasteiger partial charge on any atom is -0.481 e. The van der Waals surface area contributed by atoms with E-state index in [4.69, 9.17) is 39.9 Å². The van der Waals surface area contributed by atoms with Crippen molar-refractivity contribution in [3.05, 3.63) is 33.3 Å². The number of hydrogen-bond acceptors (Lipinski definition) is 1. The zero-order valence-corrected chi connectivity index (χ0v) is 11.9. The highest BCUT2D eigenvalue weighted by Crippen LogP contribution is 2.32. The molecule has 0 aliphatic carbocycles. The van der Waals surface area contributed by atoms with Gasteiger partial charge in [-0.05, 0) is 33.6 Å². The van der Waals surface area contributed by atoms with Crippen LogP contribution in [-0.2, 0) is 11.2 Å². The third-order valence-electron chi connectivity index (χ3n) is 1.86. The fourth-order valence-electron chi connectivity index (χ4n) is 1.23. The largest absolute Gasteiger partial charge is 0.481 e. The van der Waals surface area contributed by atoms with Crippen LogP contribution in [0.25, 0.3) is 0 Å². The molecule has 0 spiro atoms. The molecule has 0 aromatic heterocycles. The molecule has 0 heterocycles. The summed E-state index contributed by atoms with van der Waals surface area (Å²) in [5, 5.41) is 9.21. The third kappa shape index (κ3) is 4.50. The summed E-state index contributed by atoms with van der Waals surface area (Å²) in [6.07, 6.45) is -0.0610. The monoisotopic (exact) mass is 344 g/mol. The average Bonchev–Trinajstić information content (AvgIpc) is 2.08. The van der Waals surface area contributed by atoms with Crippen molar-refractivity contribution in [2.24, 2.45) is 0 Å². The predicted molar refractivity (Wildman–Crippen MR) is 69.5 cm³/mol. The molecule has 1 N–H and O–H groups in total. The molecule has 88 valence electrons. The topological polar surface area (TPSA) is 37.3 Å². The molecule has 1 aromatic rings. The Labute approximate surface area is 117 Å². The van der Waals surface area contributed by atoms with Gasteiger partial charge in [-0.1, -0.05) is 17.7 Å². The first-order valence-electron chi connectivity index (χ1n) is 4.34. The Morgan fingerprint density at radius 3 is 2.56 bits per heavy atom. The van der Waals surface area contributed by atoms with Crippen LogP contribution in [0.4, 0.5) is 0 Å². The summed E-state index contributed by atoms with van der Waals surface area (Å²) < 4.78 is -0.579. The van der Waals surface area contributed by atoms with Crippen LogP contribution in [0.5, 0.6) is 0 Å². The van der Waals surface area contributed by atoms with Crippen molar-refractivity contribution < 1.29 is 9.90 Å². The summed E-state index contributed by atoms with van der Waals surface area (Å²) in [4.78, 5) is 10.5. The highest BCUT2D eigenvalue weighted by atomic mass is 79.9. The molecule has 0 bridgehead atoms. The Kier molecular flexibility index (Phi) is 4.92. The Morgan fingerprint density at radius 1 is 1.44 bits per heavy atom. The van der Waals surface area contributed by atoms with Crippen molar-refractivity contribution in [1.82, 2.24) is 0 Å². The van der Waals surface area contributed by atoms with Gasteiger partial charge >= 0.3 is 5.97 Å². The quantitative estimate of drug-likeness (QED) is 0.826. The second-order valence-corrected chi connectivity index (χ2v) is 6.25. The number of halogens is 4.